The molecule has 2 fully saturated rings. The molecule has 0 radical (unpaired) electrons. The van der Waals surface area contributed by atoms with E-state index < -0.39 is 0 Å². The van der Waals surface area contributed by atoms with Gasteiger partial charge in [-0.3, -0.25) is 4.90 Å². The summed E-state index contributed by atoms with van der Waals surface area (Å²) in [6.07, 6.45) is 2.63. The average Bonchev–Trinajstić information content (AvgIpc) is 2.78. The Morgan fingerprint density at radius 3 is 2.89 bits per heavy atom. The smallest absolute Gasteiger partial charge is 0.0640 e. The van der Waals surface area contributed by atoms with Crippen LogP contribution in [0.25, 0.3) is 0 Å². The Morgan fingerprint density at radius 2 is 2.06 bits per heavy atom. The first-order valence-corrected chi connectivity index (χ1v) is 7.36. The summed E-state index contributed by atoms with van der Waals surface area (Å²) < 4.78 is 0. The van der Waals surface area contributed by atoms with Crippen LogP contribution in [0.15, 0.2) is 18.2 Å². The Kier molecular flexibility index (Phi) is 3.44. The molecule has 0 aliphatic carbocycles. The molecule has 2 aliphatic rings. The van der Waals surface area contributed by atoms with E-state index in [-0.39, 0.29) is 0 Å². The van der Waals surface area contributed by atoms with Gasteiger partial charge < -0.3 is 4.90 Å². The Bertz CT molecular complexity index is 449. The zero-order chi connectivity index (χ0) is 12.7. The number of nitrogens with zero attached hydrogens (tertiary/aromatic N) is 2. The third-order valence-corrected chi connectivity index (χ3v) is 4.71. The lowest BCUT2D eigenvalue weighted by atomic mass is 10.1. The Hall–Kier alpha value is -0.440. The second kappa shape index (κ2) is 4.92. The van der Waals surface area contributed by atoms with Crippen molar-refractivity contribution in [2.75, 3.05) is 24.5 Å². The molecule has 3 rings (SSSR count). The molecule has 0 aromatic heterocycles. The molecule has 0 saturated carbocycles. The number of benzene rings is 1. The van der Waals surface area contributed by atoms with Crippen molar-refractivity contribution in [1.29, 1.82) is 0 Å². The summed E-state index contributed by atoms with van der Waals surface area (Å²) in [4.78, 5) is 5.03. The second-order valence-corrected chi connectivity index (χ2v) is 6.23. The van der Waals surface area contributed by atoms with Crippen molar-refractivity contribution in [3.8, 4) is 0 Å². The zero-order valence-corrected chi connectivity index (χ0v) is 12.1. The minimum Gasteiger partial charge on any atom is -0.365 e. The van der Waals surface area contributed by atoms with Crippen molar-refractivity contribution in [2.45, 2.75) is 31.8 Å². The quantitative estimate of drug-likeness (QED) is 0.777. The standard InChI is InChI=1S/C14H18Cl2N2/c1-10-8-17-6-2-3-12(17)9-18(10)14-7-11(15)4-5-13(14)16/h4-5,7,10,12H,2-3,6,8-9H2,1H3. The summed E-state index contributed by atoms with van der Waals surface area (Å²) in [7, 11) is 0. The molecule has 1 aromatic rings. The van der Waals surface area contributed by atoms with Crippen LogP contribution in [0.1, 0.15) is 19.8 Å². The van der Waals surface area contributed by atoms with Gasteiger partial charge in [-0.05, 0) is 44.5 Å². The van der Waals surface area contributed by atoms with E-state index in [1.54, 1.807) is 0 Å². The molecular formula is C14H18Cl2N2. The van der Waals surface area contributed by atoms with E-state index in [1.807, 2.05) is 18.2 Å². The number of anilines is 1. The molecule has 0 N–H and O–H groups in total. The molecule has 4 heteroatoms. The van der Waals surface area contributed by atoms with Gasteiger partial charge in [0.15, 0.2) is 0 Å². The summed E-state index contributed by atoms with van der Waals surface area (Å²) in [5.41, 5.74) is 1.09. The van der Waals surface area contributed by atoms with Gasteiger partial charge in [-0.2, -0.15) is 0 Å². The van der Waals surface area contributed by atoms with Gasteiger partial charge in [0.05, 0.1) is 10.7 Å². The van der Waals surface area contributed by atoms with Crippen molar-refractivity contribution in [2.24, 2.45) is 0 Å². The fraction of sp³-hybridized carbons (Fsp3) is 0.571. The summed E-state index contributed by atoms with van der Waals surface area (Å²) in [5, 5.41) is 1.56. The third-order valence-electron chi connectivity index (χ3n) is 4.15. The first kappa shape index (κ1) is 12.6. The van der Waals surface area contributed by atoms with Crippen LogP contribution in [0, 0.1) is 0 Å². The second-order valence-electron chi connectivity index (χ2n) is 5.39. The van der Waals surface area contributed by atoms with Gasteiger partial charge in [0.25, 0.3) is 0 Å². The van der Waals surface area contributed by atoms with Gasteiger partial charge in [-0.25, -0.2) is 0 Å². The number of piperazine rings is 1. The predicted molar refractivity (Wildman–Crippen MR) is 77.9 cm³/mol. The van der Waals surface area contributed by atoms with Gasteiger partial charge in [0, 0.05) is 30.2 Å². The molecular weight excluding hydrogens is 267 g/mol. The molecule has 0 amide bonds. The molecule has 2 nitrogen and oxygen atoms in total. The van der Waals surface area contributed by atoms with E-state index in [4.69, 9.17) is 23.2 Å². The molecule has 0 bridgehead atoms. The van der Waals surface area contributed by atoms with Crippen LogP contribution in [-0.4, -0.2) is 36.6 Å². The lowest BCUT2D eigenvalue weighted by molar-refractivity contribution is 0.203. The van der Waals surface area contributed by atoms with Crippen LogP contribution >= 0.6 is 23.2 Å². The number of hydrogen-bond acceptors (Lipinski definition) is 2. The van der Waals surface area contributed by atoms with Crippen molar-refractivity contribution >= 4 is 28.9 Å². The van der Waals surface area contributed by atoms with Crippen LogP contribution in [0.4, 0.5) is 5.69 Å². The Balaban J connectivity index is 1.88. The van der Waals surface area contributed by atoms with Gasteiger partial charge in [0.2, 0.25) is 0 Å². The van der Waals surface area contributed by atoms with Crippen LogP contribution in [-0.2, 0) is 0 Å². The lowest BCUT2D eigenvalue weighted by Gasteiger charge is -2.44. The first-order valence-electron chi connectivity index (χ1n) is 6.61. The lowest BCUT2D eigenvalue weighted by Crippen LogP contribution is -2.55. The van der Waals surface area contributed by atoms with E-state index in [2.05, 4.69) is 16.7 Å². The normalized spacial score (nSPS) is 28.5. The maximum Gasteiger partial charge on any atom is 0.0640 e. The monoisotopic (exact) mass is 284 g/mol. The van der Waals surface area contributed by atoms with Gasteiger partial charge in [-0.15, -0.1) is 0 Å². The molecule has 2 heterocycles. The highest BCUT2D eigenvalue weighted by Gasteiger charge is 2.34. The highest BCUT2D eigenvalue weighted by Crippen LogP contribution is 2.34. The van der Waals surface area contributed by atoms with Crippen molar-refractivity contribution < 1.29 is 0 Å². The molecule has 2 unspecified atom stereocenters. The predicted octanol–water partition coefficient (Wildman–Crippen LogP) is 3.67. The van der Waals surface area contributed by atoms with E-state index in [9.17, 15) is 0 Å². The fourth-order valence-electron chi connectivity index (χ4n) is 3.23. The summed E-state index contributed by atoms with van der Waals surface area (Å²) >= 11 is 12.4. The molecule has 2 saturated heterocycles. The zero-order valence-electron chi connectivity index (χ0n) is 10.6. The first-order chi connectivity index (χ1) is 8.65. The van der Waals surface area contributed by atoms with Crippen molar-refractivity contribution in [3.63, 3.8) is 0 Å². The number of rotatable bonds is 1. The van der Waals surface area contributed by atoms with Crippen LogP contribution in [0.3, 0.4) is 0 Å². The minimum absolute atomic E-state index is 0.496. The number of hydrogen-bond donors (Lipinski definition) is 0. The van der Waals surface area contributed by atoms with Gasteiger partial charge >= 0.3 is 0 Å². The summed E-state index contributed by atoms with van der Waals surface area (Å²) in [5.74, 6) is 0. The molecule has 0 spiro atoms. The van der Waals surface area contributed by atoms with Crippen LogP contribution in [0.5, 0.6) is 0 Å². The van der Waals surface area contributed by atoms with E-state index >= 15 is 0 Å². The fourth-order valence-corrected chi connectivity index (χ4v) is 3.62. The molecule has 2 atom stereocenters. The van der Waals surface area contributed by atoms with Crippen molar-refractivity contribution in [1.82, 2.24) is 4.90 Å². The van der Waals surface area contributed by atoms with Crippen molar-refractivity contribution in [3.05, 3.63) is 28.2 Å². The average molecular weight is 285 g/mol. The maximum atomic E-state index is 6.32. The number of halogens is 2. The van der Waals surface area contributed by atoms with Gasteiger partial charge in [-0.1, -0.05) is 23.2 Å². The van der Waals surface area contributed by atoms with E-state index in [0.29, 0.717) is 12.1 Å². The Labute approximate surface area is 118 Å². The van der Waals surface area contributed by atoms with Gasteiger partial charge in [0.1, 0.15) is 0 Å². The molecule has 18 heavy (non-hydrogen) atoms. The minimum atomic E-state index is 0.496. The molecule has 98 valence electrons. The topological polar surface area (TPSA) is 6.48 Å². The van der Waals surface area contributed by atoms with Crippen LogP contribution in [0.2, 0.25) is 10.0 Å². The molecule has 1 aromatic carbocycles. The largest absolute Gasteiger partial charge is 0.365 e. The highest BCUT2D eigenvalue weighted by atomic mass is 35.5. The molecule has 2 aliphatic heterocycles. The SMILES string of the molecule is CC1CN2CCCC2CN1c1cc(Cl)ccc1Cl. The summed E-state index contributed by atoms with van der Waals surface area (Å²) in [6, 6.07) is 6.92. The Morgan fingerprint density at radius 1 is 1.22 bits per heavy atom. The van der Waals surface area contributed by atoms with Crippen LogP contribution < -0.4 is 4.90 Å². The highest BCUT2D eigenvalue weighted by molar-refractivity contribution is 6.35. The van der Waals surface area contributed by atoms with E-state index in [1.165, 1.54) is 19.4 Å². The summed E-state index contributed by atoms with van der Waals surface area (Å²) in [6.45, 7) is 5.73. The maximum absolute atomic E-state index is 6.32. The van der Waals surface area contributed by atoms with E-state index in [0.717, 1.165) is 28.8 Å². The third kappa shape index (κ3) is 2.22. The number of fused-ring (bicyclic) bond motifs is 1.